The van der Waals surface area contributed by atoms with Crippen LogP contribution in [0.15, 0.2) is 0 Å². The quantitative estimate of drug-likeness (QED) is 0.844. The third-order valence-corrected chi connectivity index (χ3v) is 5.98. The van der Waals surface area contributed by atoms with Crippen LogP contribution in [0.5, 0.6) is 0 Å². The minimum Gasteiger partial charge on any atom is -0.330 e. The Hall–Kier alpha value is -0.120. The lowest BCUT2D eigenvalue weighted by Gasteiger charge is -2.41. The van der Waals surface area contributed by atoms with Crippen molar-refractivity contribution in [2.45, 2.75) is 57.4 Å². The number of hydrogen-bond donors (Lipinski definition) is 1. The molecule has 2 heterocycles. The first kappa shape index (κ1) is 13.8. The summed E-state index contributed by atoms with van der Waals surface area (Å²) >= 11 is 0. The van der Waals surface area contributed by atoms with Gasteiger partial charge in [-0.25, -0.2) is 0 Å². The van der Waals surface area contributed by atoms with Crippen LogP contribution in [-0.2, 0) is 0 Å². The van der Waals surface area contributed by atoms with Gasteiger partial charge in [0.2, 0.25) is 0 Å². The largest absolute Gasteiger partial charge is 0.330 e. The SMILES string of the molecule is NCC1(CCN2CCN3CCCC3C2)CCCCC1. The molecule has 1 aliphatic carbocycles. The highest BCUT2D eigenvalue weighted by molar-refractivity contribution is 4.89. The highest BCUT2D eigenvalue weighted by atomic mass is 15.3. The van der Waals surface area contributed by atoms with Crippen molar-refractivity contribution >= 4 is 0 Å². The van der Waals surface area contributed by atoms with Crippen molar-refractivity contribution < 1.29 is 0 Å². The summed E-state index contributed by atoms with van der Waals surface area (Å²) in [5.74, 6) is 0. The molecule has 19 heavy (non-hydrogen) atoms. The summed E-state index contributed by atoms with van der Waals surface area (Å²) in [6.07, 6.45) is 11.2. The minimum absolute atomic E-state index is 0.491. The second-order valence-corrected chi connectivity index (χ2v) is 7.15. The monoisotopic (exact) mass is 265 g/mol. The zero-order chi connectivity index (χ0) is 13.1. The number of nitrogens with two attached hydrogens (primary N) is 1. The van der Waals surface area contributed by atoms with Gasteiger partial charge in [0.15, 0.2) is 0 Å². The number of hydrogen-bond acceptors (Lipinski definition) is 3. The highest BCUT2D eigenvalue weighted by Gasteiger charge is 2.33. The van der Waals surface area contributed by atoms with Crippen LogP contribution in [0.1, 0.15) is 51.4 Å². The molecule has 0 aromatic heterocycles. The molecule has 0 bridgehead atoms. The van der Waals surface area contributed by atoms with E-state index in [0.29, 0.717) is 5.41 Å². The Morgan fingerprint density at radius 2 is 1.84 bits per heavy atom. The number of nitrogens with zero attached hydrogens (tertiary/aromatic N) is 2. The van der Waals surface area contributed by atoms with Crippen molar-refractivity contribution in [2.75, 3.05) is 39.3 Å². The lowest BCUT2D eigenvalue weighted by atomic mass is 9.72. The van der Waals surface area contributed by atoms with Crippen molar-refractivity contribution in [1.82, 2.24) is 9.80 Å². The maximum atomic E-state index is 6.11. The second kappa shape index (κ2) is 6.11. The van der Waals surface area contributed by atoms with Crippen LogP contribution in [0.25, 0.3) is 0 Å². The molecule has 2 saturated heterocycles. The minimum atomic E-state index is 0.491. The Kier molecular flexibility index (Phi) is 4.45. The fourth-order valence-corrected chi connectivity index (χ4v) is 4.51. The van der Waals surface area contributed by atoms with E-state index >= 15 is 0 Å². The summed E-state index contributed by atoms with van der Waals surface area (Å²) in [6, 6.07) is 0.869. The molecule has 0 aromatic carbocycles. The van der Waals surface area contributed by atoms with Gasteiger partial charge in [-0.1, -0.05) is 19.3 Å². The van der Waals surface area contributed by atoms with Gasteiger partial charge in [0.05, 0.1) is 0 Å². The Morgan fingerprint density at radius 3 is 2.63 bits per heavy atom. The average Bonchev–Trinajstić information content (AvgIpc) is 2.93. The molecule has 3 heteroatoms. The topological polar surface area (TPSA) is 32.5 Å². The molecule has 3 nitrogen and oxygen atoms in total. The van der Waals surface area contributed by atoms with E-state index in [2.05, 4.69) is 9.80 Å². The van der Waals surface area contributed by atoms with E-state index < -0.39 is 0 Å². The molecule has 0 spiro atoms. The highest BCUT2D eigenvalue weighted by Crippen LogP contribution is 2.38. The molecule has 1 saturated carbocycles. The van der Waals surface area contributed by atoms with Crippen LogP contribution in [0.2, 0.25) is 0 Å². The van der Waals surface area contributed by atoms with Gasteiger partial charge < -0.3 is 10.6 Å². The molecule has 3 rings (SSSR count). The molecule has 3 aliphatic rings. The average molecular weight is 265 g/mol. The van der Waals surface area contributed by atoms with Crippen LogP contribution in [0, 0.1) is 5.41 Å². The second-order valence-electron chi connectivity index (χ2n) is 7.15. The lowest BCUT2D eigenvalue weighted by Crippen LogP contribution is -2.51. The molecule has 1 atom stereocenters. The normalized spacial score (nSPS) is 32.4. The molecule has 110 valence electrons. The Labute approximate surface area is 118 Å². The van der Waals surface area contributed by atoms with Gasteiger partial charge >= 0.3 is 0 Å². The van der Waals surface area contributed by atoms with E-state index in [1.165, 1.54) is 84.1 Å². The molecular weight excluding hydrogens is 234 g/mol. The van der Waals surface area contributed by atoms with E-state index in [1.807, 2.05) is 0 Å². The Balaban J connectivity index is 1.48. The lowest BCUT2D eigenvalue weighted by molar-refractivity contribution is 0.0813. The zero-order valence-electron chi connectivity index (χ0n) is 12.4. The van der Waals surface area contributed by atoms with Crippen LogP contribution in [-0.4, -0.2) is 55.1 Å². The maximum Gasteiger partial charge on any atom is 0.0224 e. The van der Waals surface area contributed by atoms with Crippen LogP contribution < -0.4 is 5.73 Å². The van der Waals surface area contributed by atoms with Crippen molar-refractivity contribution in [3.05, 3.63) is 0 Å². The van der Waals surface area contributed by atoms with E-state index in [4.69, 9.17) is 5.73 Å². The third kappa shape index (κ3) is 3.14. The number of fused-ring (bicyclic) bond motifs is 1. The summed E-state index contributed by atoms with van der Waals surface area (Å²) in [4.78, 5) is 5.42. The van der Waals surface area contributed by atoms with E-state index in [1.54, 1.807) is 0 Å². The fraction of sp³-hybridized carbons (Fsp3) is 1.00. The first-order valence-corrected chi connectivity index (χ1v) is 8.48. The fourth-order valence-electron chi connectivity index (χ4n) is 4.51. The van der Waals surface area contributed by atoms with Crippen molar-refractivity contribution in [2.24, 2.45) is 11.1 Å². The third-order valence-electron chi connectivity index (χ3n) is 5.98. The molecule has 3 fully saturated rings. The van der Waals surface area contributed by atoms with Gasteiger partial charge in [-0.3, -0.25) is 4.90 Å². The van der Waals surface area contributed by atoms with Crippen molar-refractivity contribution in [1.29, 1.82) is 0 Å². The van der Waals surface area contributed by atoms with Gasteiger partial charge in [0, 0.05) is 25.7 Å². The van der Waals surface area contributed by atoms with Gasteiger partial charge in [-0.15, -0.1) is 0 Å². The van der Waals surface area contributed by atoms with Gasteiger partial charge in [0.1, 0.15) is 0 Å². The maximum absolute atomic E-state index is 6.11. The first-order valence-electron chi connectivity index (χ1n) is 8.48. The standard InChI is InChI=1S/C16H31N3/c17-14-16(6-2-1-3-7-16)8-10-18-11-12-19-9-4-5-15(19)13-18/h15H,1-14,17H2. The van der Waals surface area contributed by atoms with Crippen LogP contribution in [0.3, 0.4) is 0 Å². The molecule has 1 unspecified atom stereocenters. The smallest absolute Gasteiger partial charge is 0.0224 e. The molecule has 0 radical (unpaired) electrons. The van der Waals surface area contributed by atoms with Gasteiger partial charge in [0.25, 0.3) is 0 Å². The molecular formula is C16H31N3. The summed E-state index contributed by atoms with van der Waals surface area (Å²) in [7, 11) is 0. The van der Waals surface area contributed by atoms with Crippen molar-refractivity contribution in [3.8, 4) is 0 Å². The summed E-state index contributed by atoms with van der Waals surface area (Å²) in [5.41, 5.74) is 6.60. The molecule has 0 aromatic rings. The van der Waals surface area contributed by atoms with E-state index in [0.717, 1.165) is 12.6 Å². The Morgan fingerprint density at radius 1 is 1.00 bits per heavy atom. The van der Waals surface area contributed by atoms with Gasteiger partial charge in [-0.2, -0.15) is 0 Å². The molecule has 0 amide bonds. The van der Waals surface area contributed by atoms with Gasteiger partial charge in [-0.05, 0) is 57.2 Å². The van der Waals surface area contributed by atoms with Crippen LogP contribution in [0.4, 0.5) is 0 Å². The summed E-state index contributed by atoms with van der Waals surface area (Å²) < 4.78 is 0. The van der Waals surface area contributed by atoms with Crippen molar-refractivity contribution in [3.63, 3.8) is 0 Å². The van der Waals surface area contributed by atoms with Crippen LogP contribution >= 0.6 is 0 Å². The van der Waals surface area contributed by atoms with E-state index in [-0.39, 0.29) is 0 Å². The summed E-state index contributed by atoms with van der Waals surface area (Å²) in [5, 5.41) is 0. The predicted molar refractivity (Wildman–Crippen MR) is 80.2 cm³/mol. The number of rotatable bonds is 4. The molecule has 2 N–H and O–H groups in total. The Bertz CT molecular complexity index is 286. The number of piperazine rings is 1. The van der Waals surface area contributed by atoms with E-state index in [9.17, 15) is 0 Å². The first-order chi connectivity index (χ1) is 9.31. The molecule has 2 aliphatic heterocycles. The zero-order valence-corrected chi connectivity index (χ0v) is 12.4. The summed E-state index contributed by atoms with van der Waals surface area (Å²) in [6.45, 7) is 7.47. The predicted octanol–water partition coefficient (Wildman–Crippen LogP) is 2.07.